The van der Waals surface area contributed by atoms with Crippen molar-refractivity contribution in [3.63, 3.8) is 0 Å². The number of carbonyl (C=O) groups is 1. The Morgan fingerprint density at radius 3 is 2.83 bits per heavy atom. The molecule has 7 heteroatoms. The predicted octanol–water partition coefficient (Wildman–Crippen LogP) is 4.52. The van der Waals surface area contributed by atoms with Gasteiger partial charge >= 0.3 is 6.61 Å². The number of benzene rings is 2. The number of methoxy groups -OCH3 is 1. The summed E-state index contributed by atoms with van der Waals surface area (Å²) in [5.41, 5.74) is 1.33. The van der Waals surface area contributed by atoms with Crippen molar-refractivity contribution in [1.29, 1.82) is 0 Å². The predicted molar refractivity (Wildman–Crippen MR) is 109 cm³/mol. The molecule has 0 aromatic heterocycles. The van der Waals surface area contributed by atoms with E-state index in [0.29, 0.717) is 31.0 Å². The molecule has 0 N–H and O–H groups in total. The maximum Gasteiger partial charge on any atom is 0.387 e. The fourth-order valence-corrected chi connectivity index (χ4v) is 3.35. The Morgan fingerprint density at radius 1 is 1.27 bits per heavy atom. The van der Waals surface area contributed by atoms with E-state index in [-0.39, 0.29) is 17.8 Å². The summed E-state index contributed by atoms with van der Waals surface area (Å²) in [5, 5.41) is 0. The van der Waals surface area contributed by atoms with Crippen LogP contribution in [-0.2, 0) is 16.1 Å². The second kappa shape index (κ2) is 10.7. The minimum atomic E-state index is -2.93. The topological polar surface area (TPSA) is 48.0 Å². The van der Waals surface area contributed by atoms with Gasteiger partial charge in [0.2, 0.25) is 5.91 Å². The second-order valence-electron chi connectivity index (χ2n) is 6.95. The monoisotopic (exact) mass is 417 g/mol. The molecule has 1 heterocycles. The Bertz CT molecular complexity index is 866. The van der Waals surface area contributed by atoms with Crippen LogP contribution in [0.4, 0.5) is 8.78 Å². The molecule has 1 aliphatic rings. The Labute approximate surface area is 174 Å². The molecule has 3 rings (SSSR count). The third kappa shape index (κ3) is 6.29. The van der Waals surface area contributed by atoms with Crippen LogP contribution in [0.2, 0.25) is 0 Å². The van der Waals surface area contributed by atoms with Gasteiger partial charge in [-0.2, -0.15) is 8.78 Å². The van der Waals surface area contributed by atoms with Crippen LogP contribution in [0, 0.1) is 0 Å². The van der Waals surface area contributed by atoms with E-state index in [1.54, 1.807) is 30.2 Å². The van der Waals surface area contributed by atoms with E-state index in [2.05, 4.69) is 4.74 Å². The smallest absolute Gasteiger partial charge is 0.387 e. The Balaban J connectivity index is 1.76. The van der Waals surface area contributed by atoms with Gasteiger partial charge in [-0.05, 0) is 42.7 Å². The number of hydrogen-bond donors (Lipinski definition) is 0. The van der Waals surface area contributed by atoms with Crippen LogP contribution in [0.1, 0.15) is 24.0 Å². The molecule has 1 atom stereocenters. The van der Waals surface area contributed by atoms with Crippen LogP contribution in [0.5, 0.6) is 11.5 Å². The van der Waals surface area contributed by atoms with Gasteiger partial charge < -0.3 is 19.1 Å². The lowest BCUT2D eigenvalue weighted by Gasteiger charge is -2.24. The number of amides is 1. The number of nitrogens with zero attached hydrogens (tertiary/aromatic N) is 1. The zero-order valence-corrected chi connectivity index (χ0v) is 16.8. The van der Waals surface area contributed by atoms with Crippen molar-refractivity contribution in [3.05, 3.63) is 65.7 Å². The van der Waals surface area contributed by atoms with Crippen LogP contribution >= 0.6 is 0 Å². The molecule has 0 aliphatic carbocycles. The number of ether oxygens (including phenoxy) is 3. The normalized spacial score (nSPS) is 16.2. The standard InChI is InChI=1S/C23H25F2NO4/c1-28-19-8-4-6-17(14-19)15-26(16-20-9-5-13-29-20)22(27)12-11-18-7-2-3-10-21(18)30-23(24)25/h2-4,6-8,10-12,14,20,23H,5,9,13,15-16H2,1H3/b12-11+. The van der Waals surface area contributed by atoms with Gasteiger partial charge in [0, 0.05) is 31.3 Å². The van der Waals surface area contributed by atoms with E-state index < -0.39 is 6.61 Å². The van der Waals surface area contributed by atoms with Crippen molar-refractivity contribution in [3.8, 4) is 11.5 Å². The highest BCUT2D eigenvalue weighted by molar-refractivity contribution is 5.92. The summed E-state index contributed by atoms with van der Waals surface area (Å²) in [4.78, 5) is 14.7. The quantitative estimate of drug-likeness (QED) is 0.563. The largest absolute Gasteiger partial charge is 0.497 e. The van der Waals surface area contributed by atoms with Gasteiger partial charge in [0.25, 0.3) is 0 Å². The number of rotatable bonds is 9. The lowest BCUT2D eigenvalue weighted by atomic mass is 10.1. The molecule has 1 amide bonds. The molecule has 30 heavy (non-hydrogen) atoms. The van der Waals surface area contributed by atoms with Gasteiger partial charge in [0.05, 0.1) is 13.2 Å². The van der Waals surface area contributed by atoms with Crippen molar-refractivity contribution in [2.45, 2.75) is 32.1 Å². The highest BCUT2D eigenvalue weighted by atomic mass is 19.3. The lowest BCUT2D eigenvalue weighted by molar-refractivity contribution is -0.128. The molecule has 0 bridgehead atoms. The van der Waals surface area contributed by atoms with Crippen molar-refractivity contribution in [2.75, 3.05) is 20.3 Å². The Hall–Kier alpha value is -2.93. The molecule has 0 saturated carbocycles. The molecule has 160 valence electrons. The van der Waals surface area contributed by atoms with Crippen molar-refractivity contribution in [1.82, 2.24) is 4.90 Å². The maximum absolute atomic E-state index is 13.0. The average Bonchev–Trinajstić information content (AvgIpc) is 3.25. The van der Waals surface area contributed by atoms with Crippen LogP contribution in [0.15, 0.2) is 54.6 Å². The molecule has 0 radical (unpaired) electrons. The van der Waals surface area contributed by atoms with Gasteiger partial charge in [0.15, 0.2) is 0 Å². The summed E-state index contributed by atoms with van der Waals surface area (Å²) in [6.07, 6.45) is 4.73. The van der Waals surface area contributed by atoms with E-state index in [0.717, 1.165) is 18.4 Å². The zero-order chi connectivity index (χ0) is 21.3. The lowest BCUT2D eigenvalue weighted by Crippen LogP contribution is -2.35. The number of hydrogen-bond acceptors (Lipinski definition) is 4. The van der Waals surface area contributed by atoms with Gasteiger partial charge in [-0.25, -0.2) is 0 Å². The summed E-state index contributed by atoms with van der Waals surface area (Å²) in [6.45, 7) is -1.40. The molecule has 2 aromatic carbocycles. The summed E-state index contributed by atoms with van der Waals surface area (Å²) < 4.78 is 40.7. The van der Waals surface area contributed by atoms with E-state index in [1.165, 1.54) is 18.2 Å². The van der Waals surface area contributed by atoms with Crippen molar-refractivity contribution < 1.29 is 27.8 Å². The Kier molecular flexibility index (Phi) is 7.79. The second-order valence-corrected chi connectivity index (χ2v) is 6.95. The van der Waals surface area contributed by atoms with Crippen LogP contribution < -0.4 is 9.47 Å². The SMILES string of the molecule is COc1cccc(CN(CC2CCCO2)C(=O)/C=C/c2ccccc2OC(F)F)c1. The third-order valence-electron chi connectivity index (χ3n) is 4.81. The molecule has 1 fully saturated rings. The van der Waals surface area contributed by atoms with Gasteiger partial charge in [-0.15, -0.1) is 0 Å². The fraction of sp³-hybridized carbons (Fsp3) is 0.348. The highest BCUT2D eigenvalue weighted by Crippen LogP contribution is 2.22. The van der Waals surface area contributed by atoms with E-state index in [9.17, 15) is 13.6 Å². The molecule has 1 saturated heterocycles. The summed E-state index contributed by atoms with van der Waals surface area (Å²) >= 11 is 0. The van der Waals surface area contributed by atoms with Crippen molar-refractivity contribution >= 4 is 12.0 Å². The average molecular weight is 417 g/mol. The van der Waals surface area contributed by atoms with Crippen LogP contribution in [0.3, 0.4) is 0 Å². The van der Waals surface area contributed by atoms with Gasteiger partial charge in [0.1, 0.15) is 11.5 Å². The molecule has 5 nitrogen and oxygen atoms in total. The van der Waals surface area contributed by atoms with Gasteiger partial charge in [-0.3, -0.25) is 4.79 Å². The molecule has 1 aliphatic heterocycles. The third-order valence-corrected chi connectivity index (χ3v) is 4.81. The first-order valence-electron chi connectivity index (χ1n) is 9.80. The summed E-state index contributed by atoms with van der Waals surface area (Å²) in [6, 6.07) is 13.9. The highest BCUT2D eigenvalue weighted by Gasteiger charge is 2.22. The first-order chi connectivity index (χ1) is 14.5. The molecule has 1 unspecified atom stereocenters. The van der Waals surface area contributed by atoms with Gasteiger partial charge in [-0.1, -0.05) is 30.3 Å². The first-order valence-corrected chi connectivity index (χ1v) is 9.80. The number of para-hydroxylation sites is 1. The minimum absolute atomic E-state index is 0.0117. The molecular formula is C23H25F2NO4. The van der Waals surface area contributed by atoms with E-state index in [4.69, 9.17) is 9.47 Å². The zero-order valence-electron chi connectivity index (χ0n) is 16.8. The van der Waals surface area contributed by atoms with E-state index >= 15 is 0 Å². The molecule has 2 aromatic rings. The van der Waals surface area contributed by atoms with Crippen LogP contribution in [0.25, 0.3) is 6.08 Å². The number of carbonyl (C=O) groups excluding carboxylic acids is 1. The van der Waals surface area contributed by atoms with Crippen LogP contribution in [-0.4, -0.2) is 43.8 Å². The van der Waals surface area contributed by atoms with Crippen molar-refractivity contribution in [2.24, 2.45) is 0 Å². The first kappa shape index (κ1) is 21.8. The minimum Gasteiger partial charge on any atom is -0.497 e. The fourth-order valence-electron chi connectivity index (χ4n) is 3.35. The Morgan fingerprint density at radius 2 is 2.10 bits per heavy atom. The molecule has 0 spiro atoms. The summed E-state index contributed by atoms with van der Waals surface area (Å²) in [5.74, 6) is 0.501. The maximum atomic E-state index is 13.0. The van der Waals surface area contributed by atoms with E-state index in [1.807, 2.05) is 24.3 Å². The summed E-state index contributed by atoms with van der Waals surface area (Å²) in [7, 11) is 1.59. The number of halogens is 2. The molecular weight excluding hydrogens is 392 g/mol. The number of alkyl halides is 2.